The molecule has 3 rings (SSSR count). The molecule has 0 fully saturated rings. The number of hydrogen-bond acceptors (Lipinski definition) is 6. The van der Waals surface area contributed by atoms with Crippen LogP contribution >= 0.6 is 11.8 Å². The molecule has 7 nitrogen and oxygen atoms in total. The van der Waals surface area contributed by atoms with Crippen molar-refractivity contribution in [3.05, 3.63) is 76.1 Å². The Balaban J connectivity index is 1.93. The van der Waals surface area contributed by atoms with Gasteiger partial charge < -0.3 is 20.0 Å². The number of amides is 2. The average molecular weight is 469 g/mol. The van der Waals surface area contributed by atoms with Gasteiger partial charge in [-0.1, -0.05) is 11.8 Å². The Morgan fingerprint density at radius 2 is 1.94 bits per heavy atom. The number of nitrogens with one attached hydrogen (secondary N) is 2. The molecule has 1 aliphatic rings. The van der Waals surface area contributed by atoms with Crippen LogP contribution in [0.5, 0.6) is 0 Å². The summed E-state index contributed by atoms with van der Waals surface area (Å²) in [5.74, 6) is -1.05. The molecule has 0 spiro atoms. The fourth-order valence-corrected chi connectivity index (χ4v) is 4.60. The zero-order valence-electron chi connectivity index (χ0n) is 18.6. The van der Waals surface area contributed by atoms with E-state index in [0.29, 0.717) is 40.8 Å². The van der Waals surface area contributed by atoms with Crippen molar-refractivity contribution in [1.82, 2.24) is 10.2 Å². The molecule has 33 heavy (non-hydrogen) atoms. The number of thioether (sulfide) groups is 1. The lowest BCUT2D eigenvalue weighted by atomic mass is 9.85. The van der Waals surface area contributed by atoms with Gasteiger partial charge in [0.2, 0.25) is 5.91 Å². The highest BCUT2D eigenvalue weighted by Crippen LogP contribution is 2.41. The van der Waals surface area contributed by atoms with E-state index in [0.717, 1.165) is 0 Å². The van der Waals surface area contributed by atoms with Crippen molar-refractivity contribution in [3.8, 4) is 6.07 Å². The van der Waals surface area contributed by atoms with Crippen molar-refractivity contribution in [2.24, 2.45) is 0 Å². The minimum absolute atomic E-state index is 0.0346. The summed E-state index contributed by atoms with van der Waals surface area (Å²) in [6, 6.07) is 11.0. The van der Waals surface area contributed by atoms with Crippen molar-refractivity contribution in [2.45, 2.75) is 26.7 Å². The first-order chi connectivity index (χ1) is 15.9. The fourth-order valence-electron chi connectivity index (χ4n) is 3.60. The van der Waals surface area contributed by atoms with Gasteiger partial charge in [0.15, 0.2) is 0 Å². The highest BCUT2D eigenvalue weighted by Gasteiger charge is 2.36. The highest BCUT2D eigenvalue weighted by atomic mass is 32.2. The third-order valence-corrected chi connectivity index (χ3v) is 6.28. The van der Waals surface area contributed by atoms with Crippen LogP contribution in [0, 0.1) is 17.1 Å². The maximum absolute atomic E-state index is 13.2. The summed E-state index contributed by atoms with van der Waals surface area (Å²) in [5.41, 5.74) is 1.56. The van der Waals surface area contributed by atoms with Crippen LogP contribution < -0.4 is 10.6 Å². The normalized spacial score (nSPS) is 15.7. The minimum atomic E-state index is -0.752. The van der Waals surface area contributed by atoms with Gasteiger partial charge in [0.1, 0.15) is 11.6 Å². The van der Waals surface area contributed by atoms with Crippen molar-refractivity contribution in [2.75, 3.05) is 24.2 Å². The van der Waals surface area contributed by atoms with Gasteiger partial charge in [-0.2, -0.15) is 5.26 Å². The van der Waals surface area contributed by atoms with Crippen molar-refractivity contribution in [1.29, 1.82) is 5.26 Å². The van der Waals surface area contributed by atoms with Crippen molar-refractivity contribution in [3.63, 3.8) is 0 Å². The molecule has 0 saturated heterocycles. The number of carbonyl (C=O) groups is 2. The Kier molecular flexibility index (Phi) is 7.96. The molecule has 1 atom stereocenters. The minimum Gasteiger partial charge on any atom is -0.468 e. The second-order valence-electron chi connectivity index (χ2n) is 7.28. The van der Waals surface area contributed by atoms with E-state index in [4.69, 9.17) is 4.42 Å². The Labute approximate surface area is 196 Å². The second-order valence-corrected chi connectivity index (χ2v) is 8.27. The van der Waals surface area contributed by atoms with E-state index in [2.05, 4.69) is 16.7 Å². The molecule has 2 heterocycles. The van der Waals surface area contributed by atoms with Gasteiger partial charge in [0.25, 0.3) is 5.91 Å². The largest absolute Gasteiger partial charge is 0.468 e. The molecule has 9 heteroatoms. The zero-order valence-corrected chi connectivity index (χ0v) is 19.5. The van der Waals surface area contributed by atoms with E-state index in [1.165, 1.54) is 42.3 Å². The molecule has 2 aromatic rings. The first-order valence-corrected chi connectivity index (χ1v) is 11.5. The lowest BCUT2D eigenvalue weighted by molar-refractivity contribution is -0.128. The number of halogens is 1. The van der Waals surface area contributed by atoms with E-state index in [1.54, 1.807) is 24.0 Å². The summed E-state index contributed by atoms with van der Waals surface area (Å²) in [7, 11) is 0. The van der Waals surface area contributed by atoms with Crippen LogP contribution in [-0.4, -0.2) is 35.6 Å². The number of dihydropyridines is 1. The molecule has 1 aromatic carbocycles. The SMILES string of the molecule is CCN(CC)C(=O)CSC1=C(C#N)[C@@H](c2ccco2)C(C(=O)Nc2ccc(F)cc2)=C(C)N1. The first kappa shape index (κ1) is 24.1. The maximum atomic E-state index is 13.2. The van der Waals surface area contributed by atoms with E-state index < -0.39 is 17.6 Å². The van der Waals surface area contributed by atoms with Gasteiger partial charge in [-0.25, -0.2) is 4.39 Å². The number of carbonyl (C=O) groups excluding carboxylic acids is 2. The number of rotatable bonds is 8. The Morgan fingerprint density at radius 1 is 1.24 bits per heavy atom. The molecule has 2 amide bonds. The Bertz CT molecular complexity index is 1110. The van der Waals surface area contributed by atoms with Crippen LogP contribution in [-0.2, 0) is 9.59 Å². The molecule has 0 radical (unpaired) electrons. The van der Waals surface area contributed by atoms with E-state index in [1.807, 2.05) is 13.8 Å². The number of allylic oxidation sites excluding steroid dienone is 2. The Hall–Kier alpha value is -3.51. The predicted octanol–water partition coefficient (Wildman–Crippen LogP) is 4.35. The smallest absolute Gasteiger partial charge is 0.254 e. The summed E-state index contributed by atoms with van der Waals surface area (Å²) in [4.78, 5) is 27.4. The third kappa shape index (κ3) is 5.46. The number of nitrogens with zero attached hydrogens (tertiary/aromatic N) is 2. The summed E-state index contributed by atoms with van der Waals surface area (Å²) in [6.45, 7) is 6.77. The summed E-state index contributed by atoms with van der Waals surface area (Å²) in [6.07, 6.45) is 1.48. The molecular weight excluding hydrogens is 443 g/mol. The third-order valence-electron chi connectivity index (χ3n) is 5.28. The van der Waals surface area contributed by atoms with Gasteiger partial charge in [0, 0.05) is 24.5 Å². The summed E-state index contributed by atoms with van der Waals surface area (Å²) in [5, 5.41) is 16.4. The maximum Gasteiger partial charge on any atom is 0.254 e. The number of anilines is 1. The molecule has 172 valence electrons. The van der Waals surface area contributed by atoms with Crippen molar-refractivity contribution < 1.29 is 18.4 Å². The Morgan fingerprint density at radius 3 is 2.52 bits per heavy atom. The fraction of sp³-hybridized carbons (Fsp3) is 0.292. The van der Waals surface area contributed by atoms with E-state index in [9.17, 15) is 19.2 Å². The van der Waals surface area contributed by atoms with Gasteiger partial charge in [-0.3, -0.25) is 9.59 Å². The molecular formula is C24H25FN4O3S. The van der Waals surface area contributed by atoms with E-state index >= 15 is 0 Å². The molecule has 0 aliphatic carbocycles. The van der Waals surface area contributed by atoms with Crippen LogP contribution in [0.3, 0.4) is 0 Å². The van der Waals surface area contributed by atoms with Crippen LogP contribution in [0.4, 0.5) is 10.1 Å². The average Bonchev–Trinajstić information content (AvgIpc) is 3.34. The van der Waals surface area contributed by atoms with Crippen molar-refractivity contribution >= 4 is 29.3 Å². The standard InChI is InChI=1S/C24H25FN4O3S/c1-4-29(5-2)20(30)14-33-24-18(13-26)22(19-7-6-12-32-19)21(15(3)27-24)23(31)28-17-10-8-16(25)9-11-17/h6-12,22,27H,4-5,14H2,1-3H3,(H,28,31)/t22-/m0/s1. The quantitative estimate of drug-likeness (QED) is 0.598. The monoisotopic (exact) mass is 468 g/mol. The lowest BCUT2D eigenvalue weighted by Crippen LogP contribution is -2.33. The second kappa shape index (κ2) is 10.9. The van der Waals surface area contributed by atoms with Crippen LogP contribution in [0.1, 0.15) is 32.4 Å². The van der Waals surface area contributed by atoms with Crippen LogP contribution in [0.2, 0.25) is 0 Å². The van der Waals surface area contributed by atoms with Crippen LogP contribution in [0.15, 0.2) is 69.0 Å². The lowest BCUT2D eigenvalue weighted by Gasteiger charge is -2.28. The van der Waals surface area contributed by atoms with Gasteiger partial charge >= 0.3 is 0 Å². The highest BCUT2D eigenvalue weighted by molar-refractivity contribution is 8.03. The zero-order chi connectivity index (χ0) is 24.0. The van der Waals surface area contributed by atoms with Gasteiger partial charge in [-0.05, 0) is 57.2 Å². The number of nitriles is 1. The molecule has 2 N–H and O–H groups in total. The number of furan rings is 1. The molecule has 0 saturated carbocycles. The first-order valence-electron chi connectivity index (χ1n) is 10.5. The molecule has 1 aliphatic heterocycles. The summed E-state index contributed by atoms with van der Waals surface area (Å²) >= 11 is 1.23. The van der Waals surface area contributed by atoms with Gasteiger partial charge in [-0.15, -0.1) is 0 Å². The number of hydrogen-bond donors (Lipinski definition) is 2. The topological polar surface area (TPSA) is 98.4 Å². The molecule has 0 bridgehead atoms. The molecule has 0 unspecified atom stereocenters. The number of benzene rings is 1. The predicted molar refractivity (Wildman–Crippen MR) is 125 cm³/mol. The van der Waals surface area contributed by atoms with Gasteiger partial charge in [0.05, 0.1) is 40.2 Å². The van der Waals surface area contributed by atoms with Crippen LogP contribution in [0.25, 0.3) is 0 Å². The van der Waals surface area contributed by atoms with E-state index in [-0.39, 0.29) is 17.2 Å². The summed E-state index contributed by atoms with van der Waals surface area (Å²) < 4.78 is 18.8. The molecule has 1 aromatic heterocycles.